The number of para-hydroxylation sites is 1. The van der Waals surface area contributed by atoms with E-state index in [0.717, 1.165) is 29.7 Å². The summed E-state index contributed by atoms with van der Waals surface area (Å²) in [6.45, 7) is 5.25. The molecule has 1 aliphatic rings. The molecule has 210 valence electrons. The Hall–Kier alpha value is -3.49. The number of hydrogen-bond donors (Lipinski definition) is 2. The van der Waals surface area contributed by atoms with E-state index in [-0.39, 0.29) is 23.9 Å². The Kier molecular flexibility index (Phi) is 8.28. The van der Waals surface area contributed by atoms with Crippen molar-refractivity contribution in [3.63, 3.8) is 0 Å². The number of piperazine rings is 1. The zero-order valence-electron chi connectivity index (χ0n) is 21.4. The van der Waals surface area contributed by atoms with Crippen LogP contribution in [-0.4, -0.2) is 72.1 Å². The first-order chi connectivity index (χ1) is 18.3. The van der Waals surface area contributed by atoms with Crippen LogP contribution in [0.25, 0.3) is 10.9 Å². The van der Waals surface area contributed by atoms with Gasteiger partial charge in [-0.05, 0) is 42.3 Å². The number of carbonyl (C=O) groups is 1. The molecule has 39 heavy (non-hydrogen) atoms. The van der Waals surface area contributed by atoms with Crippen LogP contribution in [-0.2, 0) is 21.4 Å². The third-order valence-electron chi connectivity index (χ3n) is 6.31. The molecule has 0 saturated carbocycles. The van der Waals surface area contributed by atoms with Crippen LogP contribution in [0.3, 0.4) is 0 Å². The minimum atomic E-state index is -4.86. The first kappa shape index (κ1) is 28.5. The zero-order valence-corrected chi connectivity index (χ0v) is 22.2. The first-order valence-corrected chi connectivity index (χ1v) is 13.7. The molecule has 1 fully saturated rings. The lowest BCUT2D eigenvalue weighted by atomic mass is 10.0. The summed E-state index contributed by atoms with van der Waals surface area (Å²) < 4.78 is 68.3. The van der Waals surface area contributed by atoms with Gasteiger partial charge in [0.2, 0.25) is 15.9 Å². The van der Waals surface area contributed by atoms with E-state index in [9.17, 15) is 26.4 Å². The number of nitrogens with one attached hydrogen (secondary N) is 1. The quantitative estimate of drug-likeness (QED) is 0.404. The monoisotopic (exact) mass is 566 g/mol. The number of amides is 1. The Morgan fingerprint density at radius 2 is 1.69 bits per heavy atom. The predicted octanol–water partition coefficient (Wildman–Crippen LogP) is 2.96. The van der Waals surface area contributed by atoms with Crippen LogP contribution in [0.15, 0.2) is 53.4 Å². The summed E-state index contributed by atoms with van der Waals surface area (Å²) in [7, 11) is -3.90. The molecular weight excluding hydrogens is 537 g/mol. The fraction of sp³-hybridized carbons (Fsp3) is 0.400. The molecule has 14 heteroatoms. The maximum Gasteiger partial charge on any atom is 0.573 e. The summed E-state index contributed by atoms with van der Waals surface area (Å²) in [5.41, 5.74) is 6.27. The number of aromatic nitrogens is 2. The molecule has 0 unspecified atom stereocenters. The lowest BCUT2D eigenvalue weighted by Crippen LogP contribution is -2.48. The second kappa shape index (κ2) is 11.3. The molecule has 2 aromatic carbocycles. The van der Waals surface area contributed by atoms with Crippen LogP contribution >= 0.6 is 0 Å². The van der Waals surface area contributed by atoms with Gasteiger partial charge < -0.3 is 15.8 Å². The molecular formula is C25H29F3N6O4S. The Balaban J connectivity index is 1.45. The van der Waals surface area contributed by atoms with E-state index in [1.165, 1.54) is 4.31 Å². The van der Waals surface area contributed by atoms with Crippen LogP contribution in [0.1, 0.15) is 19.7 Å². The van der Waals surface area contributed by atoms with Crippen molar-refractivity contribution in [2.75, 3.05) is 31.5 Å². The standard InChI is InChI=1S/C25H29F3N6O4S/c1-16(2)22(23(29)35)32-24-19-5-3-4-6-20(19)30-21(31-24)15-33-11-13-34(14-12-33)39(36,37)18-9-7-17(8-10-18)38-25(26,27)28/h3-10,16,22H,11-15H2,1-2H3,(H2,29,35)(H,30,31,32)/t22-/m0/s1. The van der Waals surface area contributed by atoms with Crippen LogP contribution < -0.4 is 15.8 Å². The lowest BCUT2D eigenvalue weighted by Gasteiger charge is -2.33. The van der Waals surface area contributed by atoms with E-state index in [1.54, 1.807) is 0 Å². The van der Waals surface area contributed by atoms with Gasteiger partial charge in [0.1, 0.15) is 23.4 Å². The Bertz CT molecular complexity index is 1430. The lowest BCUT2D eigenvalue weighted by molar-refractivity contribution is -0.274. The van der Waals surface area contributed by atoms with Crippen molar-refractivity contribution in [1.29, 1.82) is 0 Å². The minimum Gasteiger partial charge on any atom is -0.406 e. The average molecular weight is 567 g/mol. The molecule has 0 spiro atoms. The number of hydrogen-bond acceptors (Lipinski definition) is 8. The van der Waals surface area contributed by atoms with Gasteiger partial charge >= 0.3 is 6.36 Å². The third kappa shape index (κ3) is 6.94. The fourth-order valence-electron chi connectivity index (χ4n) is 4.31. The smallest absolute Gasteiger partial charge is 0.406 e. The largest absolute Gasteiger partial charge is 0.573 e. The molecule has 0 aliphatic carbocycles. The normalized spacial score (nSPS) is 16.4. The van der Waals surface area contributed by atoms with Gasteiger partial charge in [-0.15, -0.1) is 13.2 Å². The highest BCUT2D eigenvalue weighted by Gasteiger charge is 2.32. The van der Waals surface area contributed by atoms with E-state index >= 15 is 0 Å². The van der Waals surface area contributed by atoms with Gasteiger partial charge in [0.05, 0.1) is 17.0 Å². The Labute approximate surface area is 224 Å². The molecule has 4 rings (SSSR count). The number of rotatable bonds is 9. The van der Waals surface area contributed by atoms with Gasteiger partial charge in [-0.1, -0.05) is 26.0 Å². The molecule has 0 bridgehead atoms. The summed E-state index contributed by atoms with van der Waals surface area (Å²) >= 11 is 0. The van der Waals surface area contributed by atoms with Crippen molar-refractivity contribution in [3.05, 3.63) is 54.4 Å². The van der Waals surface area contributed by atoms with Gasteiger partial charge in [-0.3, -0.25) is 9.69 Å². The van der Waals surface area contributed by atoms with Crippen molar-refractivity contribution >= 4 is 32.7 Å². The van der Waals surface area contributed by atoms with E-state index in [2.05, 4.69) is 20.0 Å². The molecule has 1 amide bonds. The number of benzene rings is 2. The maximum atomic E-state index is 13.0. The van der Waals surface area contributed by atoms with E-state index in [4.69, 9.17) is 5.73 Å². The third-order valence-corrected chi connectivity index (χ3v) is 8.22. The number of primary amides is 1. The van der Waals surface area contributed by atoms with Crippen LogP contribution in [0.4, 0.5) is 19.0 Å². The van der Waals surface area contributed by atoms with E-state index in [1.807, 2.05) is 43.0 Å². The number of ether oxygens (including phenoxy) is 1. The maximum absolute atomic E-state index is 13.0. The van der Waals surface area contributed by atoms with Crippen LogP contribution in [0.2, 0.25) is 0 Å². The number of carbonyl (C=O) groups excluding carboxylic acids is 1. The first-order valence-electron chi connectivity index (χ1n) is 12.2. The number of anilines is 1. The highest BCUT2D eigenvalue weighted by atomic mass is 32.2. The number of nitrogens with two attached hydrogens (primary N) is 1. The second-order valence-corrected chi connectivity index (χ2v) is 11.4. The molecule has 1 aliphatic heterocycles. The molecule has 1 atom stereocenters. The van der Waals surface area contributed by atoms with Crippen molar-refractivity contribution in [2.24, 2.45) is 11.7 Å². The predicted molar refractivity (Wildman–Crippen MR) is 138 cm³/mol. The zero-order chi connectivity index (χ0) is 28.4. The van der Waals surface area contributed by atoms with Crippen LogP contribution in [0.5, 0.6) is 5.75 Å². The second-order valence-electron chi connectivity index (χ2n) is 9.47. The van der Waals surface area contributed by atoms with Gasteiger partial charge in [-0.25, -0.2) is 18.4 Å². The van der Waals surface area contributed by atoms with E-state index in [0.29, 0.717) is 36.8 Å². The summed E-state index contributed by atoms with van der Waals surface area (Å²) in [6.07, 6.45) is -4.86. The average Bonchev–Trinajstić information content (AvgIpc) is 2.86. The van der Waals surface area contributed by atoms with Gasteiger partial charge in [0.15, 0.2) is 0 Å². The number of halogens is 3. The minimum absolute atomic E-state index is 0.0666. The number of alkyl halides is 3. The van der Waals surface area contributed by atoms with Gasteiger partial charge in [0.25, 0.3) is 0 Å². The molecule has 1 aromatic heterocycles. The molecule has 2 heterocycles. The summed E-state index contributed by atoms with van der Waals surface area (Å²) in [5, 5.41) is 3.90. The SMILES string of the molecule is CC(C)[C@H](Nc1nc(CN2CCN(S(=O)(=O)c3ccc(OC(F)(F)F)cc3)CC2)nc2ccccc12)C(N)=O. The molecule has 3 aromatic rings. The molecule has 0 radical (unpaired) electrons. The topological polar surface area (TPSA) is 131 Å². The van der Waals surface area contributed by atoms with Gasteiger partial charge in [-0.2, -0.15) is 4.31 Å². The Morgan fingerprint density at radius 3 is 2.28 bits per heavy atom. The van der Waals surface area contributed by atoms with Crippen LogP contribution in [0, 0.1) is 5.92 Å². The van der Waals surface area contributed by atoms with E-state index < -0.39 is 34.1 Å². The molecule has 1 saturated heterocycles. The Morgan fingerprint density at radius 1 is 1.05 bits per heavy atom. The summed E-state index contributed by atoms with van der Waals surface area (Å²) in [4.78, 5) is 23.2. The van der Waals surface area contributed by atoms with Crippen molar-refractivity contribution in [2.45, 2.75) is 37.7 Å². The molecule has 10 nitrogen and oxygen atoms in total. The highest BCUT2D eigenvalue weighted by molar-refractivity contribution is 7.89. The van der Waals surface area contributed by atoms with Gasteiger partial charge in [0, 0.05) is 31.6 Å². The van der Waals surface area contributed by atoms with Crippen molar-refractivity contribution in [1.82, 2.24) is 19.2 Å². The van der Waals surface area contributed by atoms with Crippen molar-refractivity contribution < 1.29 is 31.1 Å². The van der Waals surface area contributed by atoms with Crippen molar-refractivity contribution in [3.8, 4) is 5.75 Å². The number of sulfonamides is 1. The summed E-state index contributed by atoms with van der Waals surface area (Å²) in [5.74, 6) is -0.0600. The number of fused-ring (bicyclic) bond motifs is 1. The summed E-state index contributed by atoms with van der Waals surface area (Å²) in [6, 6.07) is 10.9. The highest BCUT2D eigenvalue weighted by Crippen LogP contribution is 2.26. The number of nitrogens with zero attached hydrogens (tertiary/aromatic N) is 4. The fourth-order valence-corrected chi connectivity index (χ4v) is 5.73. The molecule has 3 N–H and O–H groups in total.